The van der Waals surface area contributed by atoms with Crippen LogP contribution in [-0.2, 0) is 76.5 Å². The molecule has 0 atom stereocenters. The number of anilines is 6. The third kappa shape index (κ3) is 19.1. The van der Waals surface area contributed by atoms with E-state index in [4.69, 9.17) is 75.8 Å². The van der Waals surface area contributed by atoms with Crippen LogP contribution in [0.3, 0.4) is 0 Å². The molecule has 0 unspecified atom stereocenters. The number of carboxylic acids is 1. The predicted octanol–water partition coefficient (Wildman–Crippen LogP) is 13.0. The number of nitrogens with zero attached hydrogens (tertiary/aromatic N) is 11. The molecule has 7 aromatic heterocycles. The zero-order valence-corrected chi connectivity index (χ0v) is 60.7. The van der Waals surface area contributed by atoms with Gasteiger partial charge in [0.1, 0.15) is 55.6 Å². The molecule has 4 aliphatic heterocycles. The van der Waals surface area contributed by atoms with Gasteiger partial charge in [0.05, 0.1) is 127 Å². The Morgan fingerprint density at radius 2 is 0.781 bits per heavy atom. The summed E-state index contributed by atoms with van der Waals surface area (Å²) in [6.07, 6.45) is 8.53. The van der Waals surface area contributed by atoms with Gasteiger partial charge in [0.2, 0.25) is 0 Å². The van der Waals surface area contributed by atoms with Crippen LogP contribution < -0.4 is 51.2 Å². The summed E-state index contributed by atoms with van der Waals surface area (Å²) >= 11 is 26.0. The summed E-state index contributed by atoms with van der Waals surface area (Å²) in [5, 5.41) is 20.1. The molecule has 0 bridgehead atoms. The smallest absolute Gasteiger partial charge is 0.870 e. The fraction of sp³-hybridized carbons (Fsp3) is 0.171. The summed E-state index contributed by atoms with van der Waals surface area (Å²) in [5.41, 5.74) is 13.7. The minimum Gasteiger partial charge on any atom is -0.870 e. The molecule has 105 heavy (non-hydrogen) atoms. The molecule has 1 amide bonds. The van der Waals surface area contributed by atoms with E-state index in [0.717, 1.165) is 26.1 Å². The first kappa shape index (κ1) is 81.5. The van der Waals surface area contributed by atoms with Gasteiger partial charge in [0.25, 0.3) is 5.91 Å². The van der Waals surface area contributed by atoms with Gasteiger partial charge in [-0.1, -0.05) is 61.3 Å². The van der Waals surface area contributed by atoms with Crippen LogP contribution in [-0.4, -0.2) is 89.9 Å². The summed E-state index contributed by atoms with van der Waals surface area (Å²) in [5.74, 6) is -2.17. The number of ether oxygens (including phenoxy) is 5. The Morgan fingerprint density at radius 1 is 0.476 bits per heavy atom. The molecule has 0 saturated heterocycles. The van der Waals surface area contributed by atoms with Gasteiger partial charge < -0.3 is 56.0 Å². The van der Waals surface area contributed by atoms with Crippen molar-refractivity contribution in [1.29, 1.82) is 0 Å². The van der Waals surface area contributed by atoms with E-state index in [1.54, 1.807) is 25.3 Å². The van der Waals surface area contributed by atoms with Gasteiger partial charge in [0, 0.05) is 79.5 Å². The number of carboxylic acid groups (broad SMARTS) is 1. The number of hydrogen-bond donors (Lipinski definition) is 5. The van der Waals surface area contributed by atoms with Gasteiger partial charge in [0.15, 0.2) is 23.3 Å². The van der Waals surface area contributed by atoms with E-state index in [2.05, 4.69) is 93.4 Å². The van der Waals surface area contributed by atoms with Crippen LogP contribution in [0, 0.1) is 27.0 Å². The standard InChI is InChI=1S/C20H16ClFN4O3.C18H13ClFN5O2.C18H12ClFN4O3.C12H7ClFIN2O.2CH4.Na.H2O/c1-2-29-20(27)13-8-23-6-5-16(13)24-19-14-9-28-10-17(14)25-18(26-19)12-7-11(21)3-4-15(12)22;19-9-1-2-13(20)10(5-9)17-24-15-8-27-7-12(15)18(25-17)23-14-3-4-22-6-11(14)16(21)26;19-9-1-2-13(20)10(5-9)16-23-15-8-27-7-12(15)17(24-16)22-14-3-4-21-6-11(14)18(25)26;13-6-1-2-9(14)7(3-6)12-16-10-5-18-4-8(10)11(15)17-12;;;;/h3-8H,2,9-10H2,1H3,(H,23,24,25,26);1-6H,7-8H2,(H2,21,26)(H,22,23,24,25);1-6H,7-8H2,(H,25,26)(H,21,22,23,24);1-3H,4-5H2;2*1H4;;1H2/q;;;;;;+1;/p-1. The maximum Gasteiger partial charge on any atom is 1.00 e. The molecule has 4 aliphatic rings. The largest absolute Gasteiger partial charge is 1.00 e. The molecule has 4 aromatic carbocycles. The number of aromatic carboxylic acids is 1. The number of rotatable bonds is 14. The summed E-state index contributed by atoms with van der Waals surface area (Å²) in [6.45, 7) is 4.61. The van der Waals surface area contributed by atoms with Crippen molar-refractivity contribution in [3.05, 3.63) is 237 Å². The third-order valence-corrected chi connectivity index (χ3v) is 17.0. The predicted molar refractivity (Wildman–Crippen MR) is 386 cm³/mol. The maximum atomic E-state index is 14.4. The van der Waals surface area contributed by atoms with Gasteiger partial charge in [-0.15, -0.1) is 0 Å². The van der Waals surface area contributed by atoms with Crippen molar-refractivity contribution < 1.29 is 95.8 Å². The SMILES string of the molecule is C.C.CCOC(=O)c1cnccc1Nc1nc(-c2cc(Cl)ccc2F)nc2c1COC2.Fc1ccc(Cl)cc1-c1nc(I)c2c(n1)COC2.NC(=O)c1cnccc1Nc1nc(-c2cc(Cl)ccc2F)nc2c1COC2.O=C(O)c1cnccc1Nc1nc(-c2cc(Cl)ccc2F)nc2c1COC2.[Na+].[OH-]. The third-order valence-electron chi connectivity index (χ3n) is 15.2. The number of aromatic nitrogens is 11. The number of carbonyl (C=O) groups excluding carboxylic acids is 2. The molecule has 15 rings (SSSR count). The molecule has 11 aromatic rings. The van der Waals surface area contributed by atoms with Gasteiger partial charge in [-0.25, -0.2) is 67.0 Å². The minimum absolute atomic E-state index is 0. The number of esters is 1. The van der Waals surface area contributed by atoms with Gasteiger partial charge in [-0.05, 0) is 121 Å². The number of carbonyl (C=O) groups is 3. The molecule has 0 fully saturated rings. The molecule has 7 N–H and O–H groups in total. The van der Waals surface area contributed by atoms with Crippen molar-refractivity contribution in [3.63, 3.8) is 0 Å². The number of benzene rings is 4. The molecule has 0 radical (unpaired) electrons. The summed E-state index contributed by atoms with van der Waals surface area (Å²) in [6, 6.07) is 21.6. The van der Waals surface area contributed by atoms with Crippen molar-refractivity contribution in [2.45, 2.75) is 74.6 Å². The van der Waals surface area contributed by atoms with Crippen molar-refractivity contribution in [2.24, 2.45) is 5.73 Å². The quantitative estimate of drug-likeness (QED) is 0.0222. The van der Waals surface area contributed by atoms with Crippen molar-refractivity contribution in [3.8, 4) is 45.6 Å². The first-order valence-corrected chi connectivity index (χ1v) is 32.6. The Balaban J connectivity index is 0.000000177. The van der Waals surface area contributed by atoms with Crippen LogP contribution >= 0.6 is 69.0 Å². The first-order chi connectivity index (χ1) is 48.8. The van der Waals surface area contributed by atoms with Crippen LogP contribution in [0.4, 0.5) is 52.1 Å². The second-order valence-corrected chi connectivity index (χ2v) is 24.5. The van der Waals surface area contributed by atoms with Crippen molar-refractivity contribution in [2.75, 3.05) is 22.6 Å². The van der Waals surface area contributed by atoms with Gasteiger partial charge >= 0.3 is 41.5 Å². The molecule has 35 heteroatoms. The average molecular weight is 1640 g/mol. The second kappa shape index (κ2) is 36.7. The number of halogens is 9. The summed E-state index contributed by atoms with van der Waals surface area (Å²) in [7, 11) is 0. The summed E-state index contributed by atoms with van der Waals surface area (Å²) < 4.78 is 84.2. The van der Waals surface area contributed by atoms with Crippen LogP contribution in [0.5, 0.6) is 0 Å². The molecule has 11 heterocycles. The van der Waals surface area contributed by atoms with Crippen LogP contribution in [0.15, 0.2) is 128 Å². The molecule has 25 nitrogen and oxygen atoms in total. The van der Waals surface area contributed by atoms with Gasteiger partial charge in [-0.2, -0.15) is 0 Å². The number of nitrogens with two attached hydrogens (primary N) is 1. The van der Waals surface area contributed by atoms with Crippen molar-refractivity contribution in [1.82, 2.24) is 54.8 Å². The molecule has 0 spiro atoms. The van der Waals surface area contributed by atoms with Crippen LogP contribution in [0.2, 0.25) is 20.1 Å². The number of fused-ring (bicyclic) bond motifs is 4. The topological polar surface area (TPSA) is 351 Å². The normalized spacial score (nSPS) is 12.3. The Morgan fingerprint density at radius 3 is 1.12 bits per heavy atom. The number of nitrogens with one attached hydrogen (secondary N) is 3. The monoisotopic (exact) mass is 1630 g/mol. The van der Waals surface area contributed by atoms with E-state index in [1.165, 1.54) is 110 Å². The fourth-order valence-electron chi connectivity index (χ4n) is 10.3. The number of amides is 1. The van der Waals surface area contributed by atoms with E-state index < -0.39 is 35.3 Å². The van der Waals surface area contributed by atoms with Gasteiger partial charge in [-0.3, -0.25) is 19.7 Å². The molecule has 536 valence electrons. The average Bonchev–Trinajstić information content (AvgIpc) is 1.57. The Bertz CT molecular complexity index is 4930. The van der Waals surface area contributed by atoms with E-state index >= 15 is 0 Å². The number of primary amides is 1. The Kier molecular flexibility index (Phi) is 28.5. The first-order valence-electron chi connectivity index (χ1n) is 30.0. The van der Waals surface area contributed by atoms with E-state index in [1.807, 2.05) is 0 Å². The Labute approximate surface area is 652 Å². The fourth-order valence-corrected chi connectivity index (χ4v) is 11.6. The molecular formula is C70H57Cl4F4IN15NaO10. The Hall–Kier alpha value is -9.13. The molecular weight excluding hydrogens is 1580 g/mol. The second-order valence-electron chi connectivity index (χ2n) is 21.7. The zero-order chi connectivity index (χ0) is 71.0. The summed E-state index contributed by atoms with van der Waals surface area (Å²) in [4.78, 5) is 82.2. The number of pyridine rings is 3. The maximum absolute atomic E-state index is 14.4. The van der Waals surface area contributed by atoms with E-state index in [-0.39, 0.29) is 140 Å². The van der Waals surface area contributed by atoms with Crippen molar-refractivity contribution >= 4 is 121 Å². The van der Waals surface area contributed by atoms with Crippen LogP contribution in [0.1, 0.15) is 97.9 Å². The minimum atomic E-state index is -1.13. The molecule has 0 saturated carbocycles. The van der Waals surface area contributed by atoms with E-state index in [0.29, 0.717) is 115 Å². The van der Waals surface area contributed by atoms with E-state index in [9.17, 15) is 37.1 Å². The van der Waals surface area contributed by atoms with Crippen LogP contribution in [0.25, 0.3) is 45.6 Å². The zero-order valence-electron chi connectivity index (χ0n) is 53.5. The molecule has 0 aliphatic carbocycles. The number of hydrogen-bond acceptors (Lipinski definition) is 23.